The summed E-state index contributed by atoms with van der Waals surface area (Å²) >= 11 is 1.82. The fraction of sp³-hybridized carbons (Fsp3) is 0.144. The number of hydrogen-bond donors (Lipinski definition) is 0. The number of anilines is 6. The van der Waals surface area contributed by atoms with Crippen LogP contribution in [0.2, 0.25) is 0 Å². The van der Waals surface area contributed by atoms with E-state index in [0.717, 1.165) is 151 Å². The van der Waals surface area contributed by atoms with Crippen molar-refractivity contribution in [2.24, 2.45) is 0 Å². The summed E-state index contributed by atoms with van der Waals surface area (Å²) in [6.07, 6.45) is 0. The van der Waals surface area contributed by atoms with E-state index in [1.807, 2.05) is 17.4 Å². The molecule has 570 valence electrons. The second-order valence-electron chi connectivity index (χ2n) is 36.4. The highest BCUT2D eigenvalue weighted by atomic mass is 32.1. The molecule has 118 heavy (non-hydrogen) atoms. The van der Waals surface area contributed by atoms with E-state index in [4.69, 9.17) is 6.35 Å². The summed E-state index contributed by atoms with van der Waals surface area (Å²) in [6, 6.07) is 112. The molecule has 21 rings (SSSR count). The molecule has 19 aromatic rings. The number of aromatic nitrogens is 3. The Hall–Kier alpha value is -13.1. The van der Waals surface area contributed by atoms with Crippen LogP contribution in [0.25, 0.3) is 142 Å². The van der Waals surface area contributed by atoms with E-state index < -0.39 is 24.8 Å². The van der Waals surface area contributed by atoms with Crippen LogP contribution in [0, 0.1) is 0 Å². The van der Waals surface area contributed by atoms with E-state index in [0.29, 0.717) is 5.56 Å². The summed E-state index contributed by atoms with van der Waals surface area (Å²) in [5.41, 5.74) is 28.8. The first-order valence-corrected chi connectivity index (χ1v) is 42.1. The first-order valence-electron chi connectivity index (χ1n) is 43.8. The van der Waals surface area contributed by atoms with Crippen molar-refractivity contribution < 1.29 is 6.85 Å². The molecule has 0 amide bonds. The van der Waals surface area contributed by atoms with Gasteiger partial charge in [-0.3, -0.25) is 4.57 Å². The maximum absolute atomic E-state index is 9.79. The van der Waals surface area contributed by atoms with Crippen molar-refractivity contribution in [3.8, 4) is 78.4 Å². The molecule has 0 saturated heterocycles. The number of fused-ring (bicyclic) bond motifs is 14. The summed E-state index contributed by atoms with van der Waals surface area (Å²) in [6.45, 7) is 27.1. The molecule has 6 heterocycles. The van der Waals surface area contributed by atoms with Crippen molar-refractivity contribution in [1.82, 2.24) is 14.1 Å². The average Bonchev–Trinajstić information content (AvgIpc) is 1.63. The summed E-state index contributed by atoms with van der Waals surface area (Å²) in [5.74, 6) is 0.763. The van der Waals surface area contributed by atoms with Crippen LogP contribution in [0.1, 0.15) is 112 Å². The van der Waals surface area contributed by atoms with E-state index in [2.05, 4.69) is 405 Å². The number of hydrogen-bond acceptors (Lipinski definition) is 4. The minimum absolute atomic E-state index is 0.129. The van der Waals surface area contributed by atoms with Crippen molar-refractivity contribution in [1.29, 1.82) is 0 Å². The monoisotopic (exact) mass is 1540 g/mol. The minimum Gasteiger partial charge on any atom is -0.311 e. The predicted octanol–water partition coefficient (Wildman–Crippen LogP) is 28.9. The van der Waals surface area contributed by atoms with Gasteiger partial charge in [0.15, 0.2) is 0 Å². The SMILES string of the molecule is [2H]c1c([2H])c([2H])c(-c2ccc3c(c2)B2c4cc(-c5cc(-n6c7ccc(C(C)(C)C)cc7c7cc(C(C)(C)C)ccc76)cc(-n6c7ccccc7c7ccc8sc9ccccc9c8c76)n5)ccc4N(c4ccccc4-c4ccccc4)c4cc(-c5cc(C(C)(C)C)cc(C(C)(C)C)c5)cc(c42)N3c2cc(-c3ccccc3)ccc2-c2ccccc2)c([2H])c1[2H]. The van der Waals surface area contributed by atoms with Crippen LogP contribution >= 0.6 is 11.3 Å². The molecule has 4 aromatic heterocycles. The van der Waals surface area contributed by atoms with Gasteiger partial charge in [-0.2, -0.15) is 0 Å². The van der Waals surface area contributed by atoms with E-state index >= 15 is 0 Å². The van der Waals surface area contributed by atoms with Gasteiger partial charge < -0.3 is 14.4 Å². The van der Waals surface area contributed by atoms with Crippen LogP contribution in [0.4, 0.5) is 34.1 Å². The molecular weight excluding hydrogens is 1450 g/mol. The Morgan fingerprint density at radius 1 is 0.305 bits per heavy atom. The van der Waals surface area contributed by atoms with E-state index in [1.165, 1.54) is 53.2 Å². The van der Waals surface area contributed by atoms with Crippen molar-refractivity contribution in [2.75, 3.05) is 9.80 Å². The van der Waals surface area contributed by atoms with Crippen LogP contribution in [0.15, 0.2) is 340 Å². The molecule has 0 bridgehead atoms. The molecule has 0 fully saturated rings. The fourth-order valence-electron chi connectivity index (χ4n) is 18.6. The summed E-state index contributed by atoms with van der Waals surface area (Å²) in [5, 5.41) is 7.03. The summed E-state index contributed by atoms with van der Waals surface area (Å²) < 4.78 is 54.4. The molecule has 0 aliphatic carbocycles. The quantitative estimate of drug-likeness (QED) is 0.128. The minimum atomic E-state index is -0.592. The van der Waals surface area contributed by atoms with Gasteiger partial charge in [0, 0.05) is 81.7 Å². The summed E-state index contributed by atoms with van der Waals surface area (Å²) in [4.78, 5) is 11.2. The molecule has 15 aromatic carbocycles. The van der Waals surface area contributed by atoms with Crippen molar-refractivity contribution in [3.05, 3.63) is 362 Å². The molecule has 0 saturated carbocycles. The molecular formula is C111H92BN5S. The molecule has 7 heteroatoms. The van der Waals surface area contributed by atoms with E-state index in [1.54, 1.807) is 0 Å². The van der Waals surface area contributed by atoms with Crippen molar-refractivity contribution >= 4 is 132 Å². The first kappa shape index (κ1) is 67.1. The fourth-order valence-corrected chi connectivity index (χ4v) is 19.7. The largest absolute Gasteiger partial charge is 0.311 e. The Morgan fingerprint density at radius 2 is 0.805 bits per heavy atom. The lowest BCUT2D eigenvalue weighted by atomic mass is 9.33. The Kier molecular flexibility index (Phi) is 15.5. The predicted molar refractivity (Wildman–Crippen MR) is 507 cm³/mol. The highest BCUT2D eigenvalue weighted by molar-refractivity contribution is 7.26. The maximum atomic E-state index is 9.79. The lowest BCUT2D eigenvalue weighted by molar-refractivity contribution is 0.569. The Balaban J connectivity index is 0.920. The van der Waals surface area contributed by atoms with Gasteiger partial charge >= 0.3 is 0 Å². The third kappa shape index (κ3) is 12.0. The zero-order valence-electron chi connectivity index (χ0n) is 73.7. The van der Waals surface area contributed by atoms with Crippen molar-refractivity contribution in [3.63, 3.8) is 0 Å². The second kappa shape index (κ2) is 27.3. The zero-order chi connectivity index (χ0) is 84.8. The van der Waals surface area contributed by atoms with Gasteiger partial charge in [-0.25, -0.2) is 4.98 Å². The number of rotatable bonds is 10. The highest BCUT2D eigenvalue weighted by Crippen LogP contribution is 2.53. The van der Waals surface area contributed by atoms with Crippen LogP contribution in [0.5, 0.6) is 0 Å². The van der Waals surface area contributed by atoms with E-state index in [9.17, 15) is 5.48 Å². The lowest BCUT2D eigenvalue weighted by Gasteiger charge is -2.45. The van der Waals surface area contributed by atoms with Gasteiger partial charge in [0.2, 0.25) is 0 Å². The van der Waals surface area contributed by atoms with Gasteiger partial charge in [0.1, 0.15) is 5.82 Å². The molecule has 2 aliphatic heterocycles. The van der Waals surface area contributed by atoms with Crippen LogP contribution in [0.3, 0.4) is 0 Å². The Bertz CT molecular complexity index is 7490. The normalized spacial score (nSPS) is 13.6. The third-order valence-electron chi connectivity index (χ3n) is 24.8. The number of nitrogens with zero attached hydrogens (tertiary/aromatic N) is 5. The number of thiophene rings is 1. The molecule has 0 radical (unpaired) electrons. The number of pyridine rings is 1. The Labute approximate surface area is 703 Å². The summed E-state index contributed by atoms with van der Waals surface area (Å²) in [7, 11) is 0. The molecule has 5 nitrogen and oxygen atoms in total. The lowest BCUT2D eigenvalue weighted by Crippen LogP contribution is -2.61. The van der Waals surface area contributed by atoms with E-state index in [-0.39, 0.29) is 39.3 Å². The van der Waals surface area contributed by atoms with Gasteiger partial charge in [-0.1, -0.05) is 332 Å². The maximum Gasteiger partial charge on any atom is 0.252 e. The highest BCUT2D eigenvalue weighted by Gasteiger charge is 2.45. The van der Waals surface area contributed by atoms with Crippen molar-refractivity contribution in [2.45, 2.75) is 105 Å². The average molecular weight is 1540 g/mol. The Morgan fingerprint density at radius 3 is 1.43 bits per heavy atom. The topological polar surface area (TPSA) is 29.2 Å². The van der Waals surface area contributed by atoms with Crippen LogP contribution in [-0.2, 0) is 21.7 Å². The number of para-hydroxylation sites is 2. The van der Waals surface area contributed by atoms with Gasteiger partial charge in [0.25, 0.3) is 6.71 Å². The first-order chi connectivity index (χ1) is 59.1. The second-order valence-corrected chi connectivity index (χ2v) is 37.5. The van der Waals surface area contributed by atoms with Gasteiger partial charge in [-0.05, 0) is 195 Å². The van der Waals surface area contributed by atoms with Gasteiger partial charge in [-0.15, -0.1) is 11.3 Å². The smallest absolute Gasteiger partial charge is 0.252 e. The molecule has 0 unspecified atom stereocenters. The number of benzene rings is 15. The molecule has 0 spiro atoms. The zero-order valence-corrected chi connectivity index (χ0v) is 69.5. The standard InChI is InChI=1S/C111H92BN5S/c1-108(2,3)78-48-54-95-88(65-78)89-66-79(109(4,5)6)49-55-96(89)114(95)82-67-92(113-104(68-82)117-94-43-29-26-40-85(94)86-51-56-103-105(107(86)117)87-41-27-30-44-102(87)118-103)75-47-53-97-91(60-75)112-90-59-73(69-31-17-13-18-32-69)46-52-98(90)116(99-61-74(70-33-19-14-20-34-70)45-50-84(99)72-37-23-16-24-38-72)101-63-77(76-57-80(110(7,8)9)64-81(58-76)111(10,11)12)62-100(106(101)112)115(97)93-42-28-25-39-83(93)71-35-21-15-22-36-71/h13-68H,1-12H3/i13D,17D,18D,31D,32D. The molecule has 0 atom stereocenters. The van der Waals surface area contributed by atoms with Crippen LogP contribution < -0.4 is 26.2 Å². The van der Waals surface area contributed by atoms with Crippen LogP contribution in [-0.4, -0.2) is 20.8 Å². The van der Waals surface area contributed by atoms with Gasteiger partial charge in [0.05, 0.1) is 51.7 Å². The third-order valence-corrected chi connectivity index (χ3v) is 25.9. The molecule has 0 N–H and O–H groups in total. The molecule has 2 aliphatic rings.